The molecule has 3 nitrogen and oxygen atoms in total. The Labute approximate surface area is 126 Å². The molecule has 1 saturated heterocycles. The van der Waals surface area contributed by atoms with Crippen LogP contribution < -0.4 is 5.32 Å². The van der Waals surface area contributed by atoms with Gasteiger partial charge >= 0.3 is 0 Å². The molecule has 1 fully saturated rings. The number of hydrogen-bond acceptors (Lipinski definition) is 2. The van der Waals surface area contributed by atoms with Crippen molar-refractivity contribution in [2.45, 2.75) is 44.2 Å². The minimum atomic E-state index is 0.523. The number of H-pyrrole nitrogens is 1. The summed E-state index contributed by atoms with van der Waals surface area (Å²) in [5.74, 6) is 0. The van der Waals surface area contributed by atoms with Gasteiger partial charge in [0, 0.05) is 28.7 Å². The first-order valence-electron chi connectivity index (χ1n) is 8.35. The Hall–Kier alpha value is -1.32. The van der Waals surface area contributed by atoms with E-state index in [4.69, 9.17) is 0 Å². The topological polar surface area (TPSA) is 31.1 Å². The molecule has 0 bridgehead atoms. The SMILES string of the molecule is CN1CCC(NC2CCCc3c2[nH]c2ccccc32)CC1. The molecule has 0 radical (unpaired) electrons. The summed E-state index contributed by atoms with van der Waals surface area (Å²) in [5.41, 5.74) is 4.32. The van der Waals surface area contributed by atoms with E-state index in [1.165, 1.54) is 61.8 Å². The molecule has 112 valence electrons. The Bertz CT molecular complexity index is 622. The molecule has 0 amide bonds. The lowest BCUT2D eigenvalue weighted by atomic mass is 9.90. The fourth-order valence-electron chi connectivity index (χ4n) is 4.04. The van der Waals surface area contributed by atoms with Gasteiger partial charge in [-0.15, -0.1) is 0 Å². The van der Waals surface area contributed by atoms with Crippen molar-refractivity contribution in [2.75, 3.05) is 20.1 Å². The summed E-state index contributed by atoms with van der Waals surface area (Å²) >= 11 is 0. The highest BCUT2D eigenvalue weighted by atomic mass is 15.1. The fraction of sp³-hybridized carbons (Fsp3) is 0.556. The third-order valence-electron chi connectivity index (χ3n) is 5.27. The molecule has 21 heavy (non-hydrogen) atoms. The van der Waals surface area contributed by atoms with Gasteiger partial charge in [0.05, 0.1) is 0 Å². The summed E-state index contributed by atoms with van der Waals surface area (Å²) in [6.45, 7) is 2.45. The normalized spacial score (nSPS) is 24.3. The van der Waals surface area contributed by atoms with Crippen molar-refractivity contribution in [1.29, 1.82) is 0 Å². The Morgan fingerprint density at radius 1 is 1.14 bits per heavy atom. The van der Waals surface area contributed by atoms with E-state index < -0.39 is 0 Å². The lowest BCUT2D eigenvalue weighted by molar-refractivity contribution is 0.219. The predicted octanol–water partition coefficient (Wildman–Crippen LogP) is 3.23. The number of fused-ring (bicyclic) bond motifs is 3. The Morgan fingerprint density at radius 3 is 2.81 bits per heavy atom. The highest BCUT2D eigenvalue weighted by Crippen LogP contribution is 2.35. The first-order chi connectivity index (χ1) is 10.3. The van der Waals surface area contributed by atoms with E-state index in [0.717, 1.165) is 0 Å². The van der Waals surface area contributed by atoms with Gasteiger partial charge in [-0.05, 0) is 63.9 Å². The molecule has 2 heterocycles. The quantitative estimate of drug-likeness (QED) is 0.886. The molecule has 2 aromatic rings. The summed E-state index contributed by atoms with van der Waals surface area (Å²) in [5, 5.41) is 5.37. The lowest BCUT2D eigenvalue weighted by Crippen LogP contribution is -2.43. The molecule has 1 aliphatic heterocycles. The highest BCUT2D eigenvalue weighted by Gasteiger charge is 2.27. The van der Waals surface area contributed by atoms with Crippen molar-refractivity contribution >= 4 is 10.9 Å². The standard InChI is InChI=1S/C18H25N3/c1-21-11-9-13(10-12-21)19-17-8-4-6-15-14-5-2-3-7-16(14)20-18(15)17/h2-3,5,7,13,17,19-20H,4,6,8-12H2,1H3. The number of aromatic nitrogens is 1. The van der Waals surface area contributed by atoms with Gasteiger partial charge in [-0.25, -0.2) is 0 Å². The van der Waals surface area contributed by atoms with Gasteiger partial charge in [-0.2, -0.15) is 0 Å². The van der Waals surface area contributed by atoms with E-state index in [9.17, 15) is 0 Å². The van der Waals surface area contributed by atoms with Crippen molar-refractivity contribution in [2.24, 2.45) is 0 Å². The zero-order chi connectivity index (χ0) is 14.2. The maximum atomic E-state index is 3.94. The average molecular weight is 283 g/mol. The summed E-state index contributed by atoms with van der Waals surface area (Å²) < 4.78 is 0. The molecule has 2 N–H and O–H groups in total. The van der Waals surface area contributed by atoms with Crippen molar-refractivity contribution in [3.63, 3.8) is 0 Å². The molecule has 0 spiro atoms. The predicted molar refractivity (Wildman–Crippen MR) is 87.6 cm³/mol. The molecule has 3 heteroatoms. The van der Waals surface area contributed by atoms with Crippen molar-refractivity contribution < 1.29 is 0 Å². The Kier molecular flexibility index (Phi) is 3.48. The van der Waals surface area contributed by atoms with Crippen LogP contribution in [-0.4, -0.2) is 36.1 Å². The second-order valence-corrected chi connectivity index (χ2v) is 6.75. The summed E-state index contributed by atoms with van der Waals surface area (Å²) in [7, 11) is 2.23. The van der Waals surface area contributed by atoms with Crippen LogP contribution in [0.1, 0.15) is 43.0 Å². The van der Waals surface area contributed by atoms with E-state index in [1.54, 1.807) is 5.56 Å². The van der Waals surface area contributed by atoms with Crippen molar-refractivity contribution in [3.05, 3.63) is 35.5 Å². The van der Waals surface area contributed by atoms with Gasteiger partial charge in [0.15, 0.2) is 0 Å². The van der Waals surface area contributed by atoms with E-state index in [1.807, 2.05) is 0 Å². The van der Waals surface area contributed by atoms with Crippen LogP contribution in [0.15, 0.2) is 24.3 Å². The van der Waals surface area contributed by atoms with Gasteiger partial charge in [0.2, 0.25) is 0 Å². The average Bonchev–Trinajstić information content (AvgIpc) is 2.89. The van der Waals surface area contributed by atoms with Crippen molar-refractivity contribution in [1.82, 2.24) is 15.2 Å². The summed E-state index contributed by atoms with van der Waals surface area (Å²) in [6, 6.07) is 9.97. The Balaban J connectivity index is 1.58. The molecule has 1 aliphatic carbocycles. The number of aromatic amines is 1. The van der Waals surface area contributed by atoms with Gasteiger partial charge < -0.3 is 15.2 Å². The summed E-state index contributed by atoms with van der Waals surface area (Å²) in [6.07, 6.45) is 6.36. The van der Waals surface area contributed by atoms with Gasteiger partial charge in [0.25, 0.3) is 0 Å². The van der Waals surface area contributed by atoms with Crippen LogP contribution in [0.2, 0.25) is 0 Å². The second kappa shape index (κ2) is 5.47. The van der Waals surface area contributed by atoms with E-state index >= 15 is 0 Å². The molecule has 1 atom stereocenters. The second-order valence-electron chi connectivity index (χ2n) is 6.75. The molecule has 1 unspecified atom stereocenters. The highest BCUT2D eigenvalue weighted by molar-refractivity contribution is 5.85. The van der Waals surface area contributed by atoms with Crippen molar-refractivity contribution in [3.8, 4) is 0 Å². The maximum Gasteiger partial charge on any atom is 0.0478 e. The number of benzene rings is 1. The van der Waals surface area contributed by atoms with Crippen LogP contribution in [0.25, 0.3) is 10.9 Å². The number of para-hydroxylation sites is 1. The first-order valence-corrected chi connectivity index (χ1v) is 8.35. The molecule has 1 aromatic carbocycles. The van der Waals surface area contributed by atoms with E-state index in [-0.39, 0.29) is 0 Å². The first kappa shape index (κ1) is 13.4. The van der Waals surface area contributed by atoms with Crippen LogP contribution in [-0.2, 0) is 6.42 Å². The number of hydrogen-bond donors (Lipinski definition) is 2. The number of nitrogens with one attached hydrogen (secondary N) is 2. The zero-order valence-electron chi connectivity index (χ0n) is 12.9. The zero-order valence-corrected chi connectivity index (χ0v) is 12.9. The van der Waals surface area contributed by atoms with E-state index in [2.05, 4.69) is 46.5 Å². The molecule has 0 saturated carbocycles. The number of aryl methyl sites for hydroxylation is 1. The molecule has 4 rings (SSSR count). The maximum absolute atomic E-state index is 3.94. The fourth-order valence-corrected chi connectivity index (χ4v) is 4.04. The molecule has 1 aromatic heterocycles. The lowest BCUT2D eigenvalue weighted by Gasteiger charge is -2.34. The van der Waals surface area contributed by atoms with Gasteiger partial charge in [0.1, 0.15) is 0 Å². The number of likely N-dealkylation sites (tertiary alicyclic amines) is 1. The minimum absolute atomic E-state index is 0.523. The summed E-state index contributed by atoms with van der Waals surface area (Å²) in [4.78, 5) is 6.13. The molecular formula is C18H25N3. The van der Waals surface area contributed by atoms with Gasteiger partial charge in [-0.3, -0.25) is 0 Å². The largest absolute Gasteiger partial charge is 0.357 e. The molecular weight excluding hydrogens is 258 g/mol. The minimum Gasteiger partial charge on any atom is -0.357 e. The number of nitrogens with zero attached hydrogens (tertiary/aromatic N) is 1. The van der Waals surface area contributed by atoms with Crippen LogP contribution >= 0.6 is 0 Å². The third-order valence-corrected chi connectivity index (χ3v) is 5.27. The smallest absolute Gasteiger partial charge is 0.0478 e. The van der Waals surface area contributed by atoms with Crippen LogP contribution in [0.3, 0.4) is 0 Å². The van der Waals surface area contributed by atoms with Crippen LogP contribution in [0, 0.1) is 0 Å². The monoisotopic (exact) mass is 283 g/mol. The Morgan fingerprint density at radius 2 is 1.95 bits per heavy atom. The third kappa shape index (κ3) is 2.49. The molecule has 2 aliphatic rings. The van der Waals surface area contributed by atoms with Crippen LogP contribution in [0.5, 0.6) is 0 Å². The number of rotatable bonds is 2. The number of piperidine rings is 1. The van der Waals surface area contributed by atoms with Crippen LogP contribution in [0.4, 0.5) is 0 Å². The van der Waals surface area contributed by atoms with Gasteiger partial charge in [-0.1, -0.05) is 18.2 Å². The van der Waals surface area contributed by atoms with E-state index in [0.29, 0.717) is 12.1 Å².